The number of nitrogens with two attached hydrogens (primary N) is 1. The molecule has 3 heteroatoms. The van der Waals surface area contributed by atoms with Crippen molar-refractivity contribution in [2.75, 3.05) is 0 Å². The van der Waals surface area contributed by atoms with Gasteiger partial charge in [-0.1, -0.05) is 24.3 Å². The molecule has 1 rings (SSSR count). The molecule has 0 unspecified atom stereocenters. The molecule has 1 aromatic rings. The highest BCUT2D eigenvalue weighted by atomic mass is 15.2. The van der Waals surface area contributed by atoms with Gasteiger partial charge in [0.2, 0.25) is 6.54 Å². The van der Waals surface area contributed by atoms with E-state index >= 15 is 0 Å². The minimum absolute atomic E-state index is 0.455. The minimum Gasteiger partial charge on any atom is -0.312 e. The summed E-state index contributed by atoms with van der Waals surface area (Å²) < 4.78 is 0. The summed E-state index contributed by atoms with van der Waals surface area (Å²) in [4.78, 5) is 3.29. The van der Waals surface area contributed by atoms with Crippen LogP contribution in [0.5, 0.6) is 0 Å². The van der Waals surface area contributed by atoms with Gasteiger partial charge in [0.05, 0.1) is 0 Å². The van der Waals surface area contributed by atoms with Gasteiger partial charge in [-0.05, 0) is 5.56 Å². The van der Waals surface area contributed by atoms with Gasteiger partial charge < -0.3 is 4.85 Å². The molecular weight excluding hydrogens is 150 g/mol. The number of hydrogen-bond donors (Lipinski definition) is 2. The summed E-state index contributed by atoms with van der Waals surface area (Å²) in [6.45, 7) is 7.79. The number of hydrogen-bond acceptors (Lipinski definition) is 2. The first kappa shape index (κ1) is 8.72. The van der Waals surface area contributed by atoms with Crippen LogP contribution in [0.3, 0.4) is 0 Å². The predicted molar refractivity (Wildman–Crippen MR) is 47.8 cm³/mol. The van der Waals surface area contributed by atoms with Gasteiger partial charge in [-0.15, -0.1) is 0 Å². The number of nitrogens with one attached hydrogen (secondary N) is 1. The summed E-state index contributed by atoms with van der Waals surface area (Å²) in [5, 5.41) is 0. The van der Waals surface area contributed by atoms with E-state index in [2.05, 4.69) is 10.3 Å². The molecule has 0 spiro atoms. The van der Waals surface area contributed by atoms with Crippen LogP contribution in [-0.4, -0.2) is 0 Å². The van der Waals surface area contributed by atoms with Gasteiger partial charge in [0, 0.05) is 12.1 Å². The number of benzene rings is 1. The third-order valence-electron chi connectivity index (χ3n) is 1.59. The normalized spacial score (nSPS) is 9.33. The van der Waals surface area contributed by atoms with Crippen molar-refractivity contribution >= 4 is 0 Å². The molecule has 3 nitrogen and oxygen atoms in total. The lowest BCUT2D eigenvalue weighted by Crippen LogP contribution is -2.20. The highest BCUT2D eigenvalue weighted by molar-refractivity contribution is 5.23. The van der Waals surface area contributed by atoms with Crippen molar-refractivity contribution in [3.63, 3.8) is 0 Å². The summed E-state index contributed by atoms with van der Waals surface area (Å²) in [6.07, 6.45) is 0. The van der Waals surface area contributed by atoms with E-state index in [1.54, 1.807) is 0 Å². The van der Waals surface area contributed by atoms with Crippen molar-refractivity contribution in [2.24, 2.45) is 5.84 Å². The van der Waals surface area contributed by atoms with Crippen molar-refractivity contribution in [3.05, 3.63) is 46.8 Å². The summed E-state index contributed by atoms with van der Waals surface area (Å²) >= 11 is 0. The fourth-order valence-corrected chi connectivity index (χ4v) is 0.972. The molecule has 0 saturated heterocycles. The Hall–Kier alpha value is -1.37. The Morgan fingerprint density at radius 3 is 2.33 bits per heavy atom. The van der Waals surface area contributed by atoms with Crippen LogP contribution >= 0.6 is 0 Å². The average molecular weight is 161 g/mol. The fourth-order valence-electron chi connectivity index (χ4n) is 0.972. The van der Waals surface area contributed by atoms with E-state index in [-0.39, 0.29) is 0 Å². The number of hydrazine groups is 1. The zero-order chi connectivity index (χ0) is 8.81. The lowest BCUT2D eigenvalue weighted by atomic mass is 10.1. The van der Waals surface area contributed by atoms with Crippen LogP contribution in [0, 0.1) is 6.57 Å². The zero-order valence-corrected chi connectivity index (χ0v) is 6.75. The first-order valence-electron chi connectivity index (χ1n) is 3.71. The first-order valence-corrected chi connectivity index (χ1v) is 3.71. The second kappa shape index (κ2) is 4.50. The maximum atomic E-state index is 6.67. The second-order valence-corrected chi connectivity index (χ2v) is 2.51. The predicted octanol–water partition coefficient (Wildman–Crippen LogP) is 1.07. The quantitative estimate of drug-likeness (QED) is 0.395. The molecule has 0 radical (unpaired) electrons. The minimum atomic E-state index is 0.455. The summed E-state index contributed by atoms with van der Waals surface area (Å²) in [7, 11) is 0. The van der Waals surface area contributed by atoms with E-state index in [4.69, 9.17) is 12.4 Å². The van der Waals surface area contributed by atoms with Crippen LogP contribution in [0.2, 0.25) is 0 Å². The maximum absolute atomic E-state index is 6.67. The molecule has 0 bridgehead atoms. The van der Waals surface area contributed by atoms with Crippen LogP contribution in [0.25, 0.3) is 4.85 Å². The van der Waals surface area contributed by atoms with Crippen molar-refractivity contribution in [1.29, 1.82) is 0 Å². The molecule has 12 heavy (non-hydrogen) atoms. The molecule has 0 aliphatic heterocycles. The second-order valence-electron chi connectivity index (χ2n) is 2.51. The Kier molecular flexibility index (Phi) is 3.27. The standard InChI is InChI=1S/C9H11N3/c1-11-6-8-2-4-9(5-3-8)7-12-10/h2-5,12H,6-7,10H2. The molecule has 0 amide bonds. The van der Waals surface area contributed by atoms with Gasteiger partial charge in [0.15, 0.2) is 0 Å². The maximum Gasteiger partial charge on any atom is 0.239 e. The number of nitrogens with zero attached hydrogens (tertiary/aromatic N) is 1. The van der Waals surface area contributed by atoms with Crippen LogP contribution < -0.4 is 11.3 Å². The van der Waals surface area contributed by atoms with Crippen LogP contribution in [-0.2, 0) is 13.1 Å². The third kappa shape index (κ3) is 2.35. The van der Waals surface area contributed by atoms with Crippen molar-refractivity contribution in [2.45, 2.75) is 13.1 Å². The molecule has 0 saturated carbocycles. The smallest absolute Gasteiger partial charge is 0.239 e. The van der Waals surface area contributed by atoms with E-state index < -0.39 is 0 Å². The highest BCUT2D eigenvalue weighted by Crippen LogP contribution is 2.04. The van der Waals surface area contributed by atoms with Crippen molar-refractivity contribution in [3.8, 4) is 0 Å². The third-order valence-corrected chi connectivity index (χ3v) is 1.59. The largest absolute Gasteiger partial charge is 0.312 e. The Morgan fingerprint density at radius 1 is 1.25 bits per heavy atom. The van der Waals surface area contributed by atoms with Crippen LogP contribution in [0.1, 0.15) is 11.1 Å². The molecule has 3 N–H and O–H groups in total. The van der Waals surface area contributed by atoms with E-state index in [1.165, 1.54) is 0 Å². The summed E-state index contributed by atoms with van der Waals surface area (Å²) in [6, 6.07) is 7.84. The molecule has 0 atom stereocenters. The molecule has 62 valence electrons. The molecule has 0 heterocycles. The molecule has 0 aromatic heterocycles. The average Bonchev–Trinajstić information content (AvgIpc) is 2.09. The van der Waals surface area contributed by atoms with Crippen molar-refractivity contribution < 1.29 is 0 Å². The zero-order valence-electron chi connectivity index (χ0n) is 6.75. The molecule has 0 aliphatic rings. The highest BCUT2D eigenvalue weighted by Gasteiger charge is 1.94. The lowest BCUT2D eigenvalue weighted by Gasteiger charge is -1.98. The van der Waals surface area contributed by atoms with Gasteiger partial charge in [0.1, 0.15) is 0 Å². The fraction of sp³-hybridized carbons (Fsp3) is 0.222. The Bertz CT molecular complexity index is 271. The summed E-state index contributed by atoms with van der Waals surface area (Å²) in [5.41, 5.74) is 4.75. The van der Waals surface area contributed by atoms with E-state index in [1.807, 2.05) is 24.3 Å². The SMILES string of the molecule is [C-]#[N+]Cc1ccc(CNN)cc1. The Morgan fingerprint density at radius 2 is 1.83 bits per heavy atom. The molecular formula is C9H11N3. The summed E-state index contributed by atoms with van der Waals surface area (Å²) in [5.74, 6) is 5.16. The van der Waals surface area contributed by atoms with Gasteiger partial charge in [0.25, 0.3) is 0 Å². The van der Waals surface area contributed by atoms with E-state index in [0.717, 1.165) is 11.1 Å². The van der Waals surface area contributed by atoms with E-state index in [0.29, 0.717) is 13.1 Å². The topological polar surface area (TPSA) is 42.4 Å². The number of rotatable bonds is 3. The Labute approximate surface area is 72.0 Å². The van der Waals surface area contributed by atoms with Gasteiger partial charge in [-0.25, -0.2) is 6.57 Å². The van der Waals surface area contributed by atoms with Crippen LogP contribution in [0.4, 0.5) is 0 Å². The van der Waals surface area contributed by atoms with Crippen LogP contribution in [0.15, 0.2) is 24.3 Å². The van der Waals surface area contributed by atoms with Crippen molar-refractivity contribution in [1.82, 2.24) is 5.43 Å². The molecule has 0 aliphatic carbocycles. The van der Waals surface area contributed by atoms with Gasteiger partial charge in [-0.3, -0.25) is 11.3 Å². The lowest BCUT2D eigenvalue weighted by molar-refractivity contribution is 0.741. The monoisotopic (exact) mass is 161 g/mol. The molecule has 1 aromatic carbocycles. The van der Waals surface area contributed by atoms with Gasteiger partial charge in [-0.2, -0.15) is 0 Å². The first-order chi connectivity index (χ1) is 5.86. The Balaban J connectivity index is 2.66. The van der Waals surface area contributed by atoms with E-state index in [9.17, 15) is 0 Å². The molecule has 0 fully saturated rings. The van der Waals surface area contributed by atoms with Gasteiger partial charge >= 0.3 is 0 Å².